The molecule has 1 unspecified atom stereocenters. The molecule has 0 spiro atoms. The monoisotopic (exact) mass is 197 g/mol. The van der Waals surface area contributed by atoms with Gasteiger partial charge in [0.1, 0.15) is 5.82 Å². The van der Waals surface area contributed by atoms with E-state index in [1.165, 1.54) is 6.07 Å². The van der Waals surface area contributed by atoms with Crippen LogP contribution in [-0.2, 0) is 0 Å². The number of nitrogens with one attached hydrogen (secondary N) is 1. The smallest absolute Gasteiger partial charge is 0.128 e. The molecule has 14 heavy (non-hydrogen) atoms. The Hall–Kier alpha value is -0.930. The van der Waals surface area contributed by atoms with Crippen LogP contribution >= 0.6 is 0 Å². The Bertz CT molecular complexity index is 306. The second-order valence-electron chi connectivity index (χ2n) is 3.90. The van der Waals surface area contributed by atoms with Crippen molar-refractivity contribution in [3.05, 3.63) is 35.6 Å². The third kappa shape index (κ3) is 2.30. The fourth-order valence-electron chi connectivity index (χ4n) is 1.60. The molecule has 0 aliphatic heterocycles. The van der Waals surface area contributed by atoms with Crippen LogP contribution in [0.1, 0.15) is 25.5 Å². The molecule has 0 radical (unpaired) electrons. The molecular weight excluding hydrogens is 181 g/mol. The summed E-state index contributed by atoms with van der Waals surface area (Å²) in [6.07, 6.45) is 0. The highest BCUT2D eigenvalue weighted by Gasteiger charge is 2.28. The Balaban J connectivity index is 3.08. The van der Waals surface area contributed by atoms with Gasteiger partial charge >= 0.3 is 0 Å². The van der Waals surface area contributed by atoms with Crippen molar-refractivity contribution in [2.75, 3.05) is 7.05 Å². The lowest BCUT2D eigenvalue weighted by atomic mass is 9.92. The zero-order valence-corrected chi connectivity index (χ0v) is 8.71. The molecule has 0 bridgehead atoms. The SMILES string of the molecule is CNC(c1ccccc1F)C(C)(C)O. The molecule has 3 heteroatoms. The van der Waals surface area contributed by atoms with Gasteiger partial charge in [0.2, 0.25) is 0 Å². The van der Waals surface area contributed by atoms with Crippen LogP contribution in [0, 0.1) is 5.82 Å². The van der Waals surface area contributed by atoms with Gasteiger partial charge in [0.15, 0.2) is 0 Å². The molecule has 0 saturated carbocycles. The van der Waals surface area contributed by atoms with Crippen LogP contribution in [0.3, 0.4) is 0 Å². The summed E-state index contributed by atoms with van der Waals surface area (Å²) in [5.41, 5.74) is -0.501. The van der Waals surface area contributed by atoms with E-state index < -0.39 is 11.6 Å². The number of likely N-dealkylation sites (N-methyl/N-ethyl adjacent to an activating group) is 1. The standard InChI is InChI=1S/C11H16FNO/c1-11(2,14)10(13-3)8-6-4-5-7-9(8)12/h4-7,10,13-14H,1-3H3. The van der Waals surface area contributed by atoms with E-state index in [1.54, 1.807) is 39.1 Å². The van der Waals surface area contributed by atoms with Crippen molar-refractivity contribution in [2.45, 2.75) is 25.5 Å². The number of halogens is 1. The van der Waals surface area contributed by atoms with E-state index in [0.29, 0.717) is 5.56 Å². The first-order valence-corrected chi connectivity index (χ1v) is 4.61. The van der Waals surface area contributed by atoms with E-state index in [1.807, 2.05) is 0 Å². The molecule has 1 atom stereocenters. The fraction of sp³-hybridized carbons (Fsp3) is 0.455. The molecule has 1 aromatic rings. The van der Waals surface area contributed by atoms with E-state index in [0.717, 1.165) is 0 Å². The van der Waals surface area contributed by atoms with Gasteiger partial charge in [-0.15, -0.1) is 0 Å². The third-order valence-corrected chi connectivity index (χ3v) is 2.21. The summed E-state index contributed by atoms with van der Waals surface area (Å²) in [6.45, 7) is 3.31. The Morgan fingerprint density at radius 3 is 2.36 bits per heavy atom. The molecule has 0 amide bonds. The van der Waals surface area contributed by atoms with E-state index in [2.05, 4.69) is 5.32 Å². The molecule has 0 saturated heterocycles. The number of aliphatic hydroxyl groups is 1. The van der Waals surface area contributed by atoms with Crippen molar-refractivity contribution in [2.24, 2.45) is 0 Å². The fourth-order valence-corrected chi connectivity index (χ4v) is 1.60. The molecule has 1 aromatic carbocycles. The zero-order chi connectivity index (χ0) is 10.8. The lowest BCUT2D eigenvalue weighted by Crippen LogP contribution is -2.37. The second-order valence-corrected chi connectivity index (χ2v) is 3.90. The molecule has 2 nitrogen and oxygen atoms in total. The first-order chi connectivity index (χ1) is 6.46. The minimum Gasteiger partial charge on any atom is -0.388 e. The first-order valence-electron chi connectivity index (χ1n) is 4.61. The van der Waals surface area contributed by atoms with E-state index in [4.69, 9.17) is 0 Å². The number of hydrogen-bond acceptors (Lipinski definition) is 2. The number of hydrogen-bond donors (Lipinski definition) is 2. The van der Waals surface area contributed by atoms with Gasteiger partial charge in [-0.1, -0.05) is 18.2 Å². The maximum Gasteiger partial charge on any atom is 0.128 e. The number of benzene rings is 1. The molecule has 0 aliphatic carbocycles. The van der Waals surface area contributed by atoms with Crippen LogP contribution in [-0.4, -0.2) is 17.8 Å². The zero-order valence-electron chi connectivity index (χ0n) is 8.71. The minimum atomic E-state index is -0.989. The van der Waals surface area contributed by atoms with Crippen LogP contribution in [0.15, 0.2) is 24.3 Å². The van der Waals surface area contributed by atoms with Crippen molar-refractivity contribution in [3.8, 4) is 0 Å². The van der Waals surface area contributed by atoms with Crippen LogP contribution in [0.5, 0.6) is 0 Å². The predicted molar refractivity (Wildman–Crippen MR) is 54.5 cm³/mol. The van der Waals surface area contributed by atoms with Crippen LogP contribution in [0.4, 0.5) is 4.39 Å². The van der Waals surface area contributed by atoms with Gasteiger partial charge in [-0.2, -0.15) is 0 Å². The Morgan fingerprint density at radius 1 is 1.36 bits per heavy atom. The molecule has 2 N–H and O–H groups in total. The van der Waals surface area contributed by atoms with Crippen molar-refractivity contribution < 1.29 is 9.50 Å². The molecule has 78 valence electrons. The third-order valence-electron chi connectivity index (χ3n) is 2.21. The average Bonchev–Trinajstić information content (AvgIpc) is 2.07. The van der Waals surface area contributed by atoms with Gasteiger partial charge in [-0.05, 0) is 27.0 Å². The highest BCUT2D eigenvalue weighted by atomic mass is 19.1. The highest BCUT2D eigenvalue weighted by Crippen LogP contribution is 2.26. The summed E-state index contributed by atoms with van der Waals surface area (Å²) in [7, 11) is 1.70. The van der Waals surface area contributed by atoms with Crippen molar-refractivity contribution in [1.29, 1.82) is 0 Å². The summed E-state index contributed by atoms with van der Waals surface area (Å²) in [4.78, 5) is 0. The van der Waals surface area contributed by atoms with E-state index >= 15 is 0 Å². The first kappa shape index (κ1) is 11.1. The van der Waals surface area contributed by atoms with Gasteiger partial charge in [-0.3, -0.25) is 0 Å². The highest BCUT2D eigenvalue weighted by molar-refractivity contribution is 5.23. The van der Waals surface area contributed by atoms with Crippen molar-refractivity contribution in [3.63, 3.8) is 0 Å². The predicted octanol–water partition coefficient (Wildman–Crippen LogP) is 1.86. The Kier molecular flexibility index (Phi) is 3.24. The molecular formula is C11H16FNO. The van der Waals surface area contributed by atoms with Crippen LogP contribution in [0.25, 0.3) is 0 Å². The summed E-state index contributed by atoms with van der Waals surface area (Å²) in [5.74, 6) is -0.297. The Labute approximate surface area is 83.8 Å². The van der Waals surface area contributed by atoms with Gasteiger partial charge in [-0.25, -0.2) is 4.39 Å². The molecule has 0 fully saturated rings. The van der Waals surface area contributed by atoms with Gasteiger partial charge in [0, 0.05) is 5.56 Å². The van der Waals surface area contributed by atoms with Crippen molar-refractivity contribution >= 4 is 0 Å². The Morgan fingerprint density at radius 2 is 1.93 bits per heavy atom. The second kappa shape index (κ2) is 4.07. The molecule has 0 heterocycles. The van der Waals surface area contributed by atoms with Crippen molar-refractivity contribution in [1.82, 2.24) is 5.32 Å². The van der Waals surface area contributed by atoms with E-state index in [-0.39, 0.29) is 5.82 Å². The largest absolute Gasteiger partial charge is 0.388 e. The van der Waals surface area contributed by atoms with Crippen LogP contribution < -0.4 is 5.32 Å². The minimum absolute atomic E-state index is 0.297. The average molecular weight is 197 g/mol. The van der Waals surface area contributed by atoms with Crippen LogP contribution in [0.2, 0.25) is 0 Å². The van der Waals surface area contributed by atoms with Gasteiger partial charge < -0.3 is 10.4 Å². The quantitative estimate of drug-likeness (QED) is 0.775. The molecule has 0 aromatic heterocycles. The van der Waals surface area contributed by atoms with E-state index in [9.17, 15) is 9.50 Å². The lowest BCUT2D eigenvalue weighted by Gasteiger charge is -2.29. The normalized spacial score (nSPS) is 14.1. The maximum atomic E-state index is 13.4. The summed E-state index contributed by atoms with van der Waals surface area (Å²) < 4.78 is 13.4. The maximum absolute atomic E-state index is 13.4. The summed E-state index contributed by atoms with van der Waals surface area (Å²) >= 11 is 0. The molecule has 0 aliphatic rings. The number of rotatable bonds is 3. The lowest BCUT2D eigenvalue weighted by molar-refractivity contribution is 0.0387. The summed E-state index contributed by atoms with van der Waals surface area (Å²) in [5, 5.41) is 12.7. The van der Waals surface area contributed by atoms with Gasteiger partial charge in [0.05, 0.1) is 11.6 Å². The summed E-state index contributed by atoms with van der Waals surface area (Å²) in [6, 6.07) is 6.06. The molecule has 1 rings (SSSR count). The van der Waals surface area contributed by atoms with Gasteiger partial charge in [0.25, 0.3) is 0 Å². The topological polar surface area (TPSA) is 32.3 Å².